The minimum absolute atomic E-state index is 0.260. The molecule has 8 heteroatoms. The van der Waals surface area contributed by atoms with Crippen molar-refractivity contribution in [3.8, 4) is 11.8 Å². The van der Waals surface area contributed by atoms with Crippen LogP contribution in [0, 0.1) is 0 Å². The quantitative estimate of drug-likeness (QED) is 0.903. The van der Waals surface area contributed by atoms with E-state index in [0.29, 0.717) is 0 Å². The van der Waals surface area contributed by atoms with E-state index >= 15 is 0 Å². The molecule has 0 fully saturated rings. The normalized spacial score (nSPS) is 12.9. The van der Waals surface area contributed by atoms with E-state index in [4.69, 9.17) is 5.11 Å². The van der Waals surface area contributed by atoms with Gasteiger partial charge in [-0.3, -0.25) is 0 Å². The highest BCUT2D eigenvalue weighted by Crippen LogP contribution is 2.26. The summed E-state index contributed by atoms with van der Waals surface area (Å²) in [6.45, 7) is 0.819. The average Bonchev–Trinajstić information content (AvgIpc) is 2.27. The molecular weight excluding hydrogens is 255 g/mol. The van der Waals surface area contributed by atoms with E-state index in [2.05, 4.69) is 14.5 Å². The van der Waals surface area contributed by atoms with Gasteiger partial charge in [-0.1, -0.05) is 0 Å². The molecule has 0 spiro atoms. The molecule has 0 aliphatic carbocycles. The Morgan fingerprint density at radius 1 is 1.44 bits per heavy atom. The van der Waals surface area contributed by atoms with Gasteiger partial charge in [0.15, 0.2) is 6.10 Å². The van der Waals surface area contributed by atoms with Gasteiger partial charge in [-0.05, 0) is 13.0 Å². The SMILES string of the molecule is COc1nc(OC(C)C(F)(F)F)ccc1C(=O)O. The lowest BCUT2D eigenvalue weighted by Gasteiger charge is -2.17. The molecule has 5 nitrogen and oxygen atoms in total. The number of aromatic carboxylic acids is 1. The number of hydrogen-bond acceptors (Lipinski definition) is 4. The Morgan fingerprint density at radius 3 is 2.50 bits per heavy atom. The number of ether oxygens (including phenoxy) is 2. The molecule has 1 unspecified atom stereocenters. The Hall–Kier alpha value is -1.99. The van der Waals surface area contributed by atoms with Crippen molar-refractivity contribution in [2.24, 2.45) is 0 Å². The summed E-state index contributed by atoms with van der Waals surface area (Å²) in [5.74, 6) is -1.97. The summed E-state index contributed by atoms with van der Waals surface area (Å²) < 4.78 is 45.9. The van der Waals surface area contributed by atoms with Crippen LogP contribution in [0.2, 0.25) is 0 Å². The molecule has 0 saturated heterocycles. The van der Waals surface area contributed by atoms with Crippen LogP contribution in [-0.2, 0) is 0 Å². The third kappa shape index (κ3) is 3.25. The zero-order valence-electron chi connectivity index (χ0n) is 9.49. The zero-order chi connectivity index (χ0) is 13.9. The van der Waals surface area contributed by atoms with Gasteiger partial charge in [-0.15, -0.1) is 0 Å². The van der Waals surface area contributed by atoms with Gasteiger partial charge in [-0.25, -0.2) is 4.79 Å². The van der Waals surface area contributed by atoms with Crippen LogP contribution in [0.25, 0.3) is 0 Å². The van der Waals surface area contributed by atoms with Crippen LogP contribution in [0.1, 0.15) is 17.3 Å². The first kappa shape index (κ1) is 14.1. The van der Waals surface area contributed by atoms with Crippen molar-refractivity contribution < 1.29 is 32.5 Å². The molecule has 1 rings (SSSR count). The molecule has 0 saturated carbocycles. The fourth-order valence-corrected chi connectivity index (χ4v) is 1.06. The van der Waals surface area contributed by atoms with Crippen molar-refractivity contribution in [3.05, 3.63) is 17.7 Å². The van der Waals surface area contributed by atoms with Gasteiger partial charge in [0, 0.05) is 6.07 Å². The Morgan fingerprint density at radius 2 is 2.06 bits per heavy atom. The second-order valence-electron chi connectivity index (χ2n) is 3.31. The maximum atomic E-state index is 12.2. The molecule has 0 bridgehead atoms. The van der Waals surface area contributed by atoms with Gasteiger partial charge in [0.1, 0.15) is 5.56 Å². The molecule has 0 aliphatic heterocycles. The van der Waals surface area contributed by atoms with Crippen LogP contribution in [-0.4, -0.2) is 35.4 Å². The van der Waals surface area contributed by atoms with Crippen LogP contribution in [0.5, 0.6) is 11.8 Å². The summed E-state index contributed by atoms with van der Waals surface area (Å²) in [6.07, 6.45) is -6.58. The standard InChI is InChI=1S/C10H10F3NO4/c1-5(10(11,12)13)18-7-4-3-6(9(15)16)8(14-7)17-2/h3-5H,1-2H3,(H,15,16). The number of rotatable bonds is 4. The topological polar surface area (TPSA) is 68.7 Å². The summed E-state index contributed by atoms with van der Waals surface area (Å²) in [4.78, 5) is 14.3. The highest BCUT2D eigenvalue weighted by molar-refractivity contribution is 5.90. The zero-order valence-corrected chi connectivity index (χ0v) is 9.49. The van der Waals surface area contributed by atoms with Crippen molar-refractivity contribution in [3.63, 3.8) is 0 Å². The Balaban J connectivity index is 2.96. The van der Waals surface area contributed by atoms with Gasteiger partial charge in [-0.2, -0.15) is 18.2 Å². The van der Waals surface area contributed by atoms with E-state index in [1.807, 2.05) is 0 Å². The maximum absolute atomic E-state index is 12.2. The molecule has 1 aromatic heterocycles. The van der Waals surface area contributed by atoms with Gasteiger partial charge >= 0.3 is 12.1 Å². The highest BCUT2D eigenvalue weighted by Gasteiger charge is 2.38. The number of pyridine rings is 1. The minimum Gasteiger partial charge on any atom is -0.480 e. The first-order valence-corrected chi connectivity index (χ1v) is 4.77. The predicted octanol–water partition coefficient (Wildman–Crippen LogP) is 2.12. The molecular formula is C10H10F3NO4. The number of carboxylic acids is 1. The van der Waals surface area contributed by atoms with Crippen LogP contribution >= 0.6 is 0 Å². The molecule has 0 aromatic carbocycles. The van der Waals surface area contributed by atoms with E-state index < -0.39 is 18.2 Å². The maximum Gasteiger partial charge on any atom is 0.425 e. The van der Waals surface area contributed by atoms with E-state index in [-0.39, 0.29) is 17.3 Å². The van der Waals surface area contributed by atoms with Crippen molar-refractivity contribution in [1.29, 1.82) is 0 Å². The van der Waals surface area contributed by atoms with Gasteiger partial charge in [0.2, 0.25) is 11.8 Å². The number of hydrogen-bond donors (Lipinski definition) is 1. The summed E-state index contributed by atoms with van der Waals surface area (Å²) in [7, 11) is 1.16. The summed E-state index contributed by atoms with van der Waals surface area (Å²) in [6, 6.07) is 2.10. The second-order valence-corrected chi connectivity index (χ2v) is 3.31. The van der Waals surface area contributed by atoms with Crippen molar-refractivity contribution in [1.82, 2.24) is 4.98 Å². The van der Waals surface area contributed by atoms with Crippen LogP contribution < -0.4 is 9.47 Å². The number of carbonyl (C=O) groups is 1. The smallest absolute Gasteiger partial charge is 0.425 e. The largest absolute Gasteiger partial charge is 0.480 e. The first-order chi connectivity index (χ1) is 8.25. The minimum atomic E-state index is -4.53. The van der Waals surface area contributed by atoms with E-state index in [1.165, 1.54) is 0 Å². The lowest BCUT2D eigenvalue weighted by atomic mass is 10.3. The van der Waals surface area contributed by atoms with E-state index in [0.717, 1.165) is 26.2 Å². The molecule has 1 N–H and O–H groups in total. The second kappa shape index (κ2) is 5.11. The summed E-state index contributed by atoms with van der Waals surface area (Å²) in [5.41, 5.74) is -0.260. The number of aromatic nitrogens is 1. The Kier molecular flexibility index (Phi) is 4.00. The fourth-order valence-electron chi connectivity index (χ4n) is 1.06. The Labute approximate surface area is 100 Å². The van der Waals surface area contributed by atoms with E-state index in [1.54, 1.807) is 0 Å². The fraction of sp³-hybridized carbons (Fsp3) is 0.400. The highest BCUT2D eigenvalue weighted by atomic mass is 19.4. The van der Waals surface area contributed by atoms with Gasteiger partial charge in [0.25, 0.3) is 0 Å². The number of alkyl halides is 3. The molecule has 1 heterocycles. The summed E-state index contributed by atoms with van der Waals surface area (Å²) in [5, 5.41) is 8.76. The molecule has 0 radical (unpaired) electrons. The average molecular weight is 265 g/mol. The molecule has 0 aliphatic rings. The third-order valence-corrected chi connectivity index (χ3v) is 2.02. The number of nitrogens with zero attached hydrogens (tertiary/aromatic N) is 1. The first-order valence-electron chi connectivity index (χ1n) is 4.77. The molecule has 18 heavy (non-hydrogen) atoms. The van der Waals surface area contributed by atoms with Crippen molar-refractivity contribution >= 4 is 5.97 Å². The molecule has 1 aromatic rings. The Bertz CT molecular complexity index is 447. The van der Waals surface area contributed by atoms with Crippen molar-refractivity contribution in [2.75, 3.05) is 7.11 Å². The molecule has 0 amide bonds. The predicted molar refractivity (Wildman–Crippen MR) is 53.9 cm³/mol. The van der Waals surface area contributed by atoms with Crippen LogP contribution in [0.15, 0.2) is 12.1 Å². The molecule has 100 valence electrons. The monoisotopic (exact) mass is 265 g/mol. The third-order valence-electron chi connectivity index (χ3n) is 2.02. The van der Waals surface area contributed by atoms with Gasteiger partial charge < -0.3 is 14.6 Å². The van der Waals surface area contributed by atoms with E-state index in [9.17, 15) is 18.0 Å². The number of carboxylic acid groups (broad SMARTS) is 1. The van der Waals surface area contributed by atoms with Gasteiger partial charge in [0.05, 0.1) is 7.11 Å². The number of halogens is 3. The number of methoxy groups -OCH3 is 1. The van der Waals surface area contributed by atoms with Crippen LogP contribution in [0.3, 0.4) is 0 Å². The summed E-state index contributed by atoms with van der Waals surface area (Å²) >= 11 is 0. The van der Waals surface area contributed by atoms with Crippen LogP contribution in [0.4, 0.5) is 13.2 Å². The lowest BCUT2D eigenvalue weighted by Crippen LogP contribution is -2.31. The molecule has 1 atom stereocenters. The van der Waals surface area contributed by atoms with Crippen molar-refractivity contribution in [2.45, 2.75) is 19.2 Å². The lowest BCUT2D eigenvalue weighted by molar-refractivity contribution is -0.190.